The lowest BCUT2D eigenvalue weighted by Crippen LogP contribution is -2.37. The number of nitrogens with zero attached hydrogens (tertiary/aromatic N) is 1. The second-order valence-electron chi connectivity index (χ2n) is 4.35. The van der Waals surface area contributed by atoms with E-state index >= 15 is 0 Å². The fraction of sp³-hybridized carbons (Fsp3) is 0.400. The van der Waals surface area contributed by atoms with Gasteiger partial charge in [-0.1, -0.05) is 11.8 Å². The highest BCUT2D eigenvalue weighted by atomic mass is 16.5. The minimum Gasteiger partial charge on any atom is -0.383 e. The van der Waals surface area contributed by atoms with Gasteiger partial charge < -0.3 is 20.3 Å². The third-order valence-corrected chi connectivity index (χ3v) is 2.55. The number of benzene rings is 1. The number of carbonyl (C=O) groups excluding carboxylic acids is 1. The Bertz CT molecular complexity index is 472. The number of carbonyl (C=O) groups is 1. The Morgan fingerprint density at radius 2 is 1.95 bits per heavy atom. The van der Waals surface area contributed by atoms with Crippen LogP contribution in [0.5, 0.6) is 0 Å². The average molecular weight is 275 g/mol. The van der Waals surface area contributed by atoms with Crippen LogP contribution in [0.1, 0.15) is 5.56 Å². The van der Waals surface area contributed by atoms with Crippen molar-refractivity contribution < 1.29 is 9.53 Å². The van der Waals surface area contributed by atoms with Crippen molar-refractivity contribution in [2.75, 3.05) is 45.8 Å². The fourth-order valence-electron chi connectivity index (χ4n) is 1.44. The molecule has 5 heteroatoms. The molecule has 5 nitrogen and oxygen atoms in total. The largest absolute Gasteiger partial charge is 0.383 e. The molecule has 20 heavy (non-hydrogen) atoms. The minimum absolute atomic E-state index is 0.237. The number of amides is 2. The van der Waals surface area contributed by atoms with E-state index in [-0.39, 0.29) is 6.03 Å². The van der Waals surface area contributed by atoms with Crippen LogP contribution in [0, 0.1) is 11.8 Å². The predicted molar refractivity (Wildman–Crippen MR) is 80.9 cm³/mol. The zero-order valence-corrected chi connectivity index (χ0v) is 12.2. The van der Waals surface area contributed by atoms with Crippen molar-refractivity contribution in [3.8, 4) is 11.8 Å². The van der Waals surface area contributed by atoms with Crippen molar-refractivity contribution in [1.29, 1.82) is 0 Å². The van der Waals surface area contributed by atoms with Gasteiger partial charge in [0.1, 0.15) is 0 Å². The second-order valence-corrected chi connectivity index (χ2v) is 4.35. The van der Waals surface area contributed by atoms with Gasteiger partial charge in [0.25, 0.3) is 0 Å². The highest BCUT2D eigenvalue weighted by Gasteiger charge is 1.96. The monoisotopic (exact) mass is 275 g/mol. The summed E-state index contributed by atoms with van der Waals surface area (Å²) in [5, 5.41) is 5.31. The second kappa shape index (κ2) is 8.83. The number of rotatable bonds is 5. The molecule has 108 valence electrons. The molecule has 0 heterocycles. The molecule has 0 spiro atoms. The number of nitrogens with one attached hydrogen (secondary N) is 2. The Labute approximate surface area is 120 Å². The first-order chi connectivity index (χ1) is 9.63. The van der Waals surface area contributed by atoms with Gasteiger partial charge in [-0.15, -0.1) is 0 Å². The van der Waals surface area contributed by atoms with Crippen LogP contribution < -0.4 is 15.5 Å². The van der Waals surface area contributed by atoms with Crippen LogP contribution in [0.3, 0.4) is 0 Å². The molecule has 1 aromatic carbocycles. The highest BCUT2D eigenvalue weighted by molar-refractivity contribution is 5.74. The zero-order chi connectivity index (χ0) is 14.8. The molecule has 1 rings (SSSR count). The van der Waals surface area contributed by atoms with Crippen LogP contribution in [0.4, 0.5) is 10.5 Å². The quantitative estimate of drug-likeness (QED) is 0.624. The highest BCUT2D eigenvalue weighted by Crippen LogP contribution is 2.11. The summed E-state index contributed by atoms with van der Waals surface area (Å²) in [4.78, 5) is 13.3. The number of hydrogen-bond donors (Lipinski definition) is 2. The lowest BCUT2D eigenvalue weighted by Gasteiger charge is -2.11. The summed E-state index contributed by atoms with van der Waals surface area (Å²) < 4.78 is 4.83. The van der Waals surface area contributed by atoms with E-state index in [1.165, 1.54) is 0 Å². The summed E-state index contributed by atoms with van der Waals surface area (Å²) in [5.74, 6) is 5.90. The van der Waals surface area contributed by atoms with Gasteiger partial charge in [-0.25, -0.2) is 4.79 Å². The molecule has 0 aromatic heterocycles. The molecule has 0 atom stereocenters. The summed E-state index contributed by atoms with van der Waals surface area (Å²) in [7, 11) is 5.58. The van der Waals surface area contributed by atoms with Gasteiger partial charge in [0, 0.05) is 39.0 Å². The van der Waals surface area contributed by atoms with Crippen molar-refractivity contribution in [2.45, 2.75) is 0 Å². The number of hydrogen-bond acceptors (Lipinski definition) is 3. The molecular formula is C15H21N3O2. The van der Waals surface area contributed by atoms with E-state index in [1.807, 2.05) is 43.3 Å². The minimum atomic E-state index is -0.237. The molecule has 0 radical (unpaired) electrons. The summed E-state index contributed by atoms with van der Waals surface area (Å²) in [6, 6.07) is 7.70. The maximum atomic E-state index is 11.3. The van der Waals surface area contributed by atoms with E-state index < -0.39 is 0 Å². The number of urea groups is 1. The molecule has 0 aliphatic carbocycles. The van der Waals surface area contributed by atoms with Gasteiger partial charge in [-0.3, -0.25) is 0 Å². The normalized spacial score (nSPS) is 9.35. The van der Waals surface area contributed by atoms with Crippen LogP contribution in [0.2, 0.25) is 0 Å². The molecule has 0 saturated heterocycles. The smallest absolute Gasteiger partial charge is 0.315 e. The summed E-state index contributed by atoms with van der Waals surface area (Å²) in [5.41, 5.74) is 2.06. The Balaban J connectivity index is 2.33. The first-order valence-corrected chi connectivity index (χ1v) is 6.40. The first-order valence-electron chi connectivity index (χ1n) is 6.40. The molecule has 0 saturated carbocycles. The van der Waals surface area contributed by atoms with Crippen molar-refractivity contribution in [3.05, 3.63) is 29.8 Å². The standard InChI is InChI=1S/C15H21N3O2/c1-18(2)14-8-6-13(7-9-14)5-4-10-16-15(19)17-11-12-20-3/h6-9H,10-12H2,1-3H3,(H2,16,17,19). The van der Waals surface area contributed by atoms with Crippen molar-refractivity contribution >= 4 is 11.7 Å². The predicted octanol–water partition coefficient (Wildman–Crippen LogP) is 1.05. The molecule has 0 unspecified atom stereocenters. The van der Waals surface area contributed by atoms with E-state index in [9.17, 15) is 4.79 Å². The number of anilines is 1. The summed E-state index contributed by atoms with van der Waals surface area (Å²) in [6.45, 7) is 1.30. The van der Waals surface area contributed by atoms with Crippen LogP contribution in [-0.4, -0.2) is 46.9 Å². The van der Waals surface area contributed by atoms with Gasteiger partial charge in [0.15, 0.2) is 0 Å². The molecule has 0 aliphatic rings. The number of ether oxygens (including phenoxy) is 1. The van der Waals surface area contributed by atoms with Crippen LogP contribution in [0.15, 0.2) is 24.3 Å². The molecule has 0 fully saturated rings. The Morgan fingerprint density at radius 1 is 1.25 bits per heavy atom. The van der Waals surface area contributed by atoms with Crippen LogP contribution in [-0.2, 0) is 4.74 Å². The maximum Gasteiger partial charge on any atom is 0.315 e. The van der Waals surface area contributed by atoms with E-state index in [0.717, 1.165) is 11.3 Å². The Morgan fingerprint density at radius 3 is 2.55 bits per heavy atom. The van der Waals surface area contributed by atoms with E-state index in [1.54, 1.807) is 7.11 Å². The van der Waals surface area contributed by atoms with E-state index in [4.69, 9.17) is 4.74 Å². The van der Waals surface area contributed by atoms with E-state index in [0.29, 0.717) is 19.7 Å². The lowest BCUT2D eigenvalue weighted by molar-refractivity contribution is 0.196. The molecule has 0 bridgehead atoms. The van der Waals surface area contributed by atoms with Gasteiger partial charge in [0.2, 0.25) is 0 Å². The first kappa shape index (κ1) is 15.9. The molecule has 2 N–H and O–H groups in total. The molecular weight excluding hydrogens is 254 g/mol. The van der Waals surface area contributed by atoms with E-state index in [2.05, 4.69) is 22.5 Å². The number of methoxy groups -OCH3 is 1. The van der Waals surface area contributed by atoms with Crippen LogP contribution >= 0.6 is 0 Å². The van der Waals surface area contributed by atoms with Crippen molar-refractivity contribution in [2.24, 2.45) is 0 Å². The molecule has 0 aliphatic heterocycles. The van der Waals surface area contributed by atoms with Crippen molar-refractivity contribution in [3.63, 3.8) is 0 Å². The average Bonchev–Trinajstić information content (AvgIpc) is 2.44. The zero-order valence-electron chi connectivity index (χ0n) is 12.2. The van der Waals surface area contributed by atoms with Crippen molar-refractivity contribution in [1.82, 2.24) is 10.6 Å². The third-order valence-electron chi connectivity index (χ3n) is 2.55. The van der Waals surface area contributed by atoms with Gasteiger partial charge in [-0.05, 0) is 24.3 Å². The molecule has 2 amide bonds. The SMILES string of the molecule is COCCNC(=O)NCC#Cc1ccc(N(C)C)cc1. The Kier molecular flexibility index (Phi) is 7.01. The van der Waals surface area contributed by atoms with Gasteiger partial charge in [0.05, 0.1) is 13.2 Å². The summed E-state index contributed by atoms with van der Waals surface area (Å²) >= 11 is 0. The third kappa shape index (κ3) is 6.12. The Hall–Kier alpha value is -2.19. The fourth-order valence-corrected chi connectivity index (χ4v) is 1.44. The van der Waals surface area contributed by atoms with Gasteiger partial charge in [-0.2, -0.15) is 0 Å². The summed E-state index contributed by atoms with van der Waals surface area (Å²) in [6.07, 6.45) is 0. The maximum absolute atomic E-state index is 11.3. The topological polar surface area (TPSA) is 53.6 Å². The molecule has 1 aromatic rings. The van der Waals surface area contributed by atoms with Gasteiger partial charge >= 0.3 is 6.03 Å². The van der Waals surface area contributed by atoms with Crippen LogP contribution in [0.25, 0.3) is 0 Å². The lowest BCUT2D eigenvalue weighted by atomic mass is 10.2.